The van der Waals surface area contributed by atoms with Crippen LogP contribution in [0.4, 0.5) is 13.2 Å². The number of nitriles is 1. The van der Waals surface area contributed by atoms with Gasteiger partial charge < -0.3 is 9.80 Å². The molecule has 4 rings (SSSR count). The SMILES string of the molecule is CCCC1C(C(=O)N2CCC(C#N)(c3ccccc3CCC(=O)NS(C)(=O)=O)CC2)CCCN1C(=O)c1cnccc1C(F)(F)F. The molecule has 2 aliphatic rings. The van der Waals surface area contributed by atoms with E-state index in [2.05, 4.69) is 11.1 Å². The quantitative estimate of drug-likeness (QED) is 0.425. The molecule has 3 amide bonds. The lowest BCUT2D eigenvalue weighted by atomic mass is 9.71. The molecule has 0 radical (unpaired) electrons. The van der Waals surface area contributed by atoms with Crippen molar-refractivity contribution in [3.8, 4) is 6.07 Å². The van der Waals surface area contributed by atoms with E-state index >= 15 is 0 Å². The zero-order valence-electron chi connectivity index (χ0n) is 25.8. The second-order valence-corrected chi connectivity index (χ2v) is 13.7. The molecule has 2 saturated heterocycles. The monoisotopic (exact) mass is 661 g/mol. The van der Waals surface area contributed by atoms with Crippen molar-refractivity contribution in [1.29, 1.82) is 5.26 Å². The highest BCUT2D eigenvalue weighted by atomic mass is 32.2. The van der Waals surface area contributed by atoms with Crippen LogP contribution in [0.1, 0.15) is 78.9 Å². The van der Waals surface area contributed by atoms with Crippen LogP contribution >= 0.6 is 0 Å². The molecule has 2 aliphatic heterocycles. The van der Waals surface area contributed by atoms with Crippen LogP contribution in [0.5, 0.6) is 0 Å². The summed E-state index contributed by atoms with van der Waals surface area (Å²) in [6.45, 7) is 2.66. The summed E-state index contributed by atoms with van der Waals surface area (Å²) in [6, 6.07) is 9.84. The summed E-state index contributed by atoms with van der Waals surface area (Å²) in [5.74, 6) is -2.22. The van der Waals surface area contributed by atoms with E-state index in [4.69, 9.17) is 0 Å². The average Bonchev–Trinajstić information content (AvgIpc) is 3.02. The van der Waals surface area contributed by atoms with Crippen molar-refractivity contribution in [2.45, 2.75) is 75.9 Å². The van der Waals surface area contributed by atoms with Crippen molar-refractivity contribution in [2.75, 3.05) is 25.9 Å². The predicted octanol–water partition coefficient (Wildman–Crippen LogP) is 4.21. The van der Waals surface area contributed by atoms with Crippen molar-refractivity contribution in [1.82, 2.24) is 19.5 Å². The van der Waals surface area contributed by atoms with Crippen molar-refractivity contribution >= 4 is 27.7 Å². The van der Waals surface area contributed by atoms with Crippen LogP contribution in [-0.2, 0) is 37.6 Å². The molecule has 1 aromatic heterocycles. The number of aromatic nitrogens is 1. The summed E-state index contributed by atoms with van der Waals surface area (Å²) in [6.07, 6.45) is 0.882. The van der Waals surface area contributed by atoms with E-state index in [1.165, 1.54) is 4.90 Å². The maximum Gasteiger partial charge on any atom is 0.417 e. The van der Waals surface area contributed by atoms with Gasteiger partial charge in [-0.25, -0.2) is 8.42 Å². The summed E-state index contributed by atoms with van der Waals surface area (Å²) >= 11 is 0. The van der Waals surface area contributed by atoms with Crippen molar-refractivity contribution in [3.05, 3.63) is 65.0 Å². The van der Waals surface area contributed by atoms with E-state index in [0.29, 0.717) is 38.5 Å². The minimum atomic E-state index is -4.73. The van der Waals surface area contributed by atoms with Crippen LogP contribution in [0.15, 0.2) is 42.7 Å². The minimum absolute atomic E-state index is 0.0879. The van der Waals surface area contributed by atoms with Gasteiger partial charge in [-0.1, -0.05) is 37.6 Å². The molecule has 2 aromatic rings. The van der Waals surface area contributed by atoms with Crippen molar-refractivity contribution in [2.24, 2.45) is 5.92 Å². The Bertz CT molecular complexity index is 1600. The van der Waals surface area contributed by atoms with Crippen LogP contribution < -0.4 is 4.72 Å². The van der Waals surface area contributed by atoms with E-state index in [0.717, 1.165) is 35.8 Å². The van der Waals surface area contributed by atoms with Gasteiger partial charge in [0.2, 0.25) is 21.8 Å². The highest BCUT2D eigenvalue weighted by Gasteiger charge is 2.45. The lowest BCUT2D eigenvalue weighted by Crippen LogP contribution is -2.55. The fourth-order valence-electron chi connectivity index (χ4n) is 6.71. The smallest absolute Gasteiger partial charge is 0.342 e. The van der Waals surface area contributed by atoms with Crippen LogP contribution in [0.2, 0.25) is 0 Å². The van der Waals surface area contributed by atoms with Gasteiger partial charge in [0.05, 0.1) is 34.8 Å². The molecule has 1 N–H and O–H groups in total. The highest BCUT2D eigenvalue weighted by Crippen LogP contribution is 2.39. The second kappa shape index (κ2) is 14.2. The number of nitrogens with one attached hydrogen (secondary N) is 1. The average molecular weight is 662 g/mol. The molecule has 3 heterocycles. The van der Waals surface area contributed by atoms with Crippen molar-refractivity contribution < 1.29 is 36.0 Å². The Morgan fingerprint density at radius 1 is 1.13 bits per heavy atom. The molecule has 0 aliphatic carbocycles. The molecular weight excluding hydrogens is 623 g/mol. The first-order chi connectivity index (χ1) is 21.7. The zero-order chi connectivity index (χ0) is 33.7. The lowest BCUT2D eigenvalue weighted by Gasteiger charge is -2.45. The number of hydrogen-bond acceptors (Lipinski definition) is 7. The molecule has 2 unspecified atom stereocenters. The maximum atomic E-state index is 14.0. The number of sulfonamides is 1. The first-order valence-electron chi connectivity index (χ1n) is 15.3. The van der Waals surface area contributed by atoms with Gasteiger partial charge in [0.15, 0.2) is 0 Å². The third-order valence-corrected chi connectivity index (χ3v) is 9.49. The van der Waals surface area contributed by atoms with Gasteiger partial charge in [0.1, 0.15) is 0 Å². The van der Waals surface area contributed by atoms with Gasteiger partial charge in [-0.3, -0.25) is 24.1 Å². The number of amides is 3. The van der Waals surface area contributed by atoms with Crippen LogP contribution in [-0.4, -0.2) is 72.9 Å². The molecule has 10 nitrogen and oxygen atoms in total. The highest BCUT2D eigenvalue weighted by molar-refractivity contribution is 7.89. The topological polar surface area (TPSA) is 141 Å². The maximum absolute atomic E-state index is 14.0. The van der Waals surface area contributed by atoms with E-state index in [1.807, 2.05) is 17.7 Å². The number of pyridine rings is 1. The molecular formula is C32H38F3N5O5S. The van der Waals surface area contributed by atoms with Gasteiger partial charge in [0, 0.05) is 44.5 Å². The normalized spacial score (nSPS) is 20.1. The molecule has 2 fully saturated rings. The number of carbonyl (C=O) groups is 3. The summed E-state index contributed by atoms with van der Waals surface area (Å²) in [7, 11) is -3.70. The van der Waals surface area contributed by atoms with E-state index < -0.39 is 56.5 Å². The fraction of sp³-hybridized carbons (Fsp3) is 0.531. The largest absolute Gasteiger partial charge is 0.417 e. The number of rotatable bonds is 9. The third-order valence-electron chi connectivity index (χ3n) is 8.89. The Balaban J connectivity index is 1.50. The van der Waals surface area contributed by atoms with Crippen molar-refractivity contribution in [3.63, 3.8) is 0 Å². The minimum Gasteiger partial charge on any atom is -0.342 e. The molecule has 248 valence electrons. The van der Waals surface area contributed by atoms with Crippen LogP contribution in [0.3, 0.4) is 0 Å². The Morgan fingerprint density at radius 2 is 1.83 bits per heavy atom. The van der Waals surface area contributed by atoms with Gasteiger partial charge in [0.25, 0.3) is 5.91 Å². The zero-order valence-corrected chi connectivity index (χ0v) is 26.7. The Hall–Kier alpha value is -3.99. The fourth-order valence-corrected chi connectivity index (χ4v) is 7.23. The number of carbonyl (C=O) groups excluding carboxylic acids is 3. The Morgan fingerprint density at radius 3 is 2.46 bits per heavy atom. The standard InChI is InChI=1S/C32H38F3N5O5S/c1-3-7-27-23(9-6-17-40(27)30(43)24-20-37-16-13-26(24)32(33,34)35)29(42)39-18-14-31(21-36,15-19-39)25-10-5-4-8-22(25)11-12-28(41)38-46(2,44)45/h4-5,8,10,13,16,20,23,27H,3,6-7,9,11-12,14-15,17-19H2,1-2H3,(H,38,41). The first-order valence-corrected chi connectivity index (χ1v) is 17.2. The first kappa shape index (κ1) is 34.9. The number of hydrogen-bond donors (Lipinski definition) is 1. The third kappa shape index (κ3) is 7.86. The molecule has 46 heavy (non-hydrogen) atoms. The summed E-state index contributed by atoms with van der Waals surface area (Å²) in [5.41, 5.74) is -1.06. The van der Waals surface area contributed by atoms with Gasteiger partial charge in [-0.05, 0) is 55.7 Å². The second-order valence-electron chi connectivity index (χ2n) is 12.0. The molecule has 0 saturated carbocycles. The number of alkyl halides is 3. The number of aryl methyl sites for hydroxylation is 1. The van der Waals surface area contributed by atoms with Gasteiger partial charge in [-0.2, -0.15) is 18.4 Å². The van der Waals surface area contributed by atoms with E-state index in [1.54, 1.807) is 23.1 Å². The van der Waals surface area contributed by atoms with Crippen LogP contribution in [0.25, 0.3) is 0 Å². The number of likely N-dealkylation sites (tertiary alicyclic amines) is 2. The Kier molecular flexibility index (Phi) is 10.8. The molecule has 0 bridgehead atoms. The molecule has 2 atom stereocenters. The van der Waals surface area contributed by atoms with Gasteiger partial charge >= 0.3 is 6.18 Å². The van der Waals surface area contributed by atoms with Crippen LogP contribution in [0, 0.1) is 17.2 Å². The molecule has 0 spiro atoms. The molecule has 14 heteroatoms. The number of halogens is 3. The summed E-state index contributed by atoms with van der Waals surface area (Å²) < 4.78 is 66.0. The Labute approximate surface area is 267 Å². The van der Waals surface area contributed by atoms with E-state index in [-0.39, 0.29) is 38.4 Å². The lowest BCUT2D eigenvalue weighted by molar-refractivity contribution is -0.141. The van der Waals surface area contributed by atoms with Gasteiger partial charge in [-0.15, -0.1) is 0 Å². The number of benzene rings is 1. The number of piperidine rings is 2. The predicted molar refractivity (Wildman–Crippen MR) is 163 cm³/mol. The van der Waals surface area contributed by atoms with E-state index in [9.17, 15) is 41.2 Å². The molecule has 1 aromatic carbocycles. The summed E-state index contributed by atoms with van der Waals surface area (Å²) in [4.78, 5) is 46.5. The number of nitrogens with zero attached hydrogens (tertiary/aromatic N) is 4. The summed E-state index contributed by atoms with van der Waals surface area (Å²) in [5, 5.41) is 10.4.